The maximum atomic E-state index is 11.6. The summed E-state index contributed by atoms with van der Waals surface area (Å²) in [5.41, 5.74) is 4.75. The van der Waals surface area contributed by atoms with Gasteiger partial charge in [-0.1, -0.05) is 12.1 Å². The van der Waals surface area contributed by atoms with Gasteiger partial charge in [0.1, 0.15) is 5.78 Å². The Hall–Kier alpha value is -1.92. The monoisotopic (exact) mass is 300 g/mol. The van der Waals surface area contributed by atoms with Crippen molar-refractivity contribution in [3.8, 4) is 0 Å². The van der Waals surface area contributed by atoms with Gasteiger partial charge < -0.3 is 28.6 Å². The van der Waals surface area contributed by atoms with E-state index in [0.717, 1.165) is 5.56 Å². The summed E-state index contributed by atoms with van der Waals surface area (Å²) < 4.78 is 0. The van der Waals surface area contributed by atoms with E-state index in [4.69, 9.17) is 5.11 Å². The normalized spacial score (nSPS) is 11.1. The number of hydrogen-bond donors (Lipinski definition) is 3. The molecule has 1 aromatic carbocycles. The lowest BCUT2D eigenvalue weighted by Crippen LogP contribution is -3.00. The van der Waals surface area contributed by atoms with Crippen molar-refractivity contribution in [1.82, 2.24) is 5.32 Å². The van der Waals surface area contributed by atoms with Crippen LogP contribution in [-0.2, 0) is 16.0 Å². The minimum atomic E-state index is -0.955. The second-order valence-electron chi connectivity index (χ2n) is 4.32. The maximum absolute atomic E-state index is 11.6. The zero-order chi connectivity index (χ0) is 14.4. The number of quaternary nitrogens is 1. The molecule has 6 nitrogen and oxygen atoms in total. The standard InChI is InChI=1S/C13H16N2O4.ClH/c1-8(16)7-15-12(17)10-4-2-9(3-5-10)6-11(14)13(18)19;/h2-5,11H,6-7,14H2,1H3,(H,15,17)(H,18,19);1H. The molecule has 0 spiro atoms. The number of benzene rings is 1. The first kappa shape index (κ1) is 18.1. The van der Waals surface area contributed by atoms with Gasteiger partial charge in [-0.3, -0.25) is 9.59 Å². The van der Waals surface area contributed by atoms with Crippen LogP contribution in [0.25, 0.3) is 0 Å². The first-order chi connectivity index (χ1) is 8.90. The zero-order valence-corrected chi connectivity index (χ0v) is 11.8. The molecule has 1 atom stereocenters. The average molecular weight is 301 g/mol. The highest BCUT2D eigenvalue weighted by Gasteiger charge is 2.16. The number of carbonyl (C=O) groups excluding carboxylic acids is 2. The molecule has 0 heterocycles. The van der Waals surface area contributed by atoms with E-state index < -0.39 is 12.0 Å². The fourth-order valence-electron chi connectivity index (χ4n) is 1.47. The van der Waals surface area contributed by atoms with Crippen LogP contribution < -0.4 is 23.5 Å². The number of halogens is 1. The van der Waals surface area contributed by atoms with Crippen molar-refractivity contribution in [2.24, 2.45) is 0 Å². The molecule has 1 amide bonds. The third kappa shape index (κ3) is 5.81. The minimum Gasteiger partial charge on any atom is -1.00 e. The summed E-state index contributed by atoms with van der Waals surface area (Å²) in [6.07, 6.45) is 0.310. The van der Waals surface area contributed by atoms with Gasteiger partial charge in [0.05, 0.1) is 6.54 Å². The van der Waals surface area contributed by atoms with Crippen LogP contribution in [0.4, 0.5) is 0 Å². The number of amides is 1. The molecule has 20 heavy (non-hydrogen) atoms. The van der Waals surface area contributed by atoms with Crippen LogP contribution in [0.15, 0.2) is 24.3 Å². The number of rotatable bonds is 6. The second-order valence-corrected chi connectivity index (χ2v) is 4.32. The van der Waals surface area contributed by atoms with E-state index in [0.29, 0.717) is 12.0 Å². The van der Waals surface area contributed by atoms with E-state index in [-0.39, 0.29) is 30.6 Å². The third-order valence-electron chi connectivity index (χ3n) is 2.55. The molecule has 1 rings (SSSR count). The first-order valence-corrected chi connectivity index (χ1v) is 5.82. The fraction of sp³-hybridized carbons (Fsp3) is 0.308. The van der Waals surface area contributed by atoms with Gasteiger partial charge in [0.2, 0.25) is 0 Å². The van der Waals surface area contributed by atoms with Gasteiger partial charge in [-0.2, -0.15) is 0 Å². The fourth-order valence-corrected chi connectivity index (χ4v) is 1.47. The van der Waals surface area contributed by atoms with Crippen LogP contribution in [0.3, 0.4) is 0 Å². The Kier molecular flexibility index (Phi) is 7.49. The lowest BCUT2D eigenvalue weighted by atomic mass is 10.0. The number of ketones is 1. The highest BCUT2D eigenvalue weighted by molar-refractivity contribution is 5.96. The van der Waals surface area contributed by atoms with Gasteiger partial charge in [0.15, 0.2) is 6.04 Å². The topological polar surface area (TPSA) is 111 Å². The van der Waals surface area contributed by atoms with Crippen molar-refractivity contribution in [2.45, 2.75) is 19.4 Å². The molecule has 0 fully saturated rings. The number of carbonyl (C=O) groups is 3. The molecule has 0 aliphatic heterocycles. The first-order valence-electron chi connectivity index (χ1n) is 5.82. The number of aliphatic carboxylic acids is 1. The van der Waals surface area contributed by atoms with E-state index in [1.807, 2.05) is 0 Å². The van der Waals surface area contributed by atoms with Crippen molar-refractivity contribution >= 4 is 17.7 Å². The molecule has 0 radical (unpaired) electrons. The Morgan fingerprint density at radius 2 is 1.80 bits per heavy atom. The summed E-state index contributed by atoms with van der Waals surface area (Å²) in [6, 6.07) is 5.85. The van der Waals surface area contributed by atoms with Crippen molar-refractivity contribution in [3.05, 3.63) is 35.4 Å². The van der Waals surface area contributed by atoms with Crippen LogP contribution in [0.2, 0.25) is 0 Å². The van der Waals surface area contributed by atoms with Crippen molar-refractivity contribution < 1.29 is 37.6 Å². The second kappa shape index (κ2) is 8.29. The molecule has 0 aliphatic carbocycles. The van der Waals surface area contributed by atoms with E-state index in [1.165, 1.54) is 6.92 Å². The lowest BCUT2D eigenvalue weighted by Gasteiger charge is -2.06. The third-order valence-corrected chi connectivity index (χ3v) is 2.55. The molecule has 110 valence electrons. The van der Waals surface area contributed by atoms with Gasteiger partial charge >= 0.3 is 5.97 Å². The lowest BCUT2D eigenvalue weighted by molar-refractivity contribution is -0.407. The Morgan fingerprint density at radius 1 is 1.25 bits per heavy atom. The maximum Gasteiger partial charge on any atom is 0.362 e. The number of nitrogens with one attached hydrogen (secondary N) is 1. The summed E-state index contributed by atoms with van der Waals surface area (Å²) in [5, 5.41) is 11.2. The minimum absolute atomic E-state index is 0. The van der Waals surface area contributed by atoms with Gasteiger partial charge in [-0.15, -0.1) is 0 Å². The Balaban J connectivity index is 0.00000361. The molecule has 0 aliphatic rings. The van der Waals surface area contributed by atoms with E-state index >= 15 is 0 Å². The highest BCUT2D eigenvalue weighted by Crippen LogP contribution is 2.06. The quantitative estimate of drug-likeness (QED) is 0.501. The molecular weight excluding hydrogens is 284 g/mol. The van der Waals surface area contributed by atoms with Crippen molar-refractivity contribution in [3.63, 3.8) is 0 Å². The van der Waals surface area contributed by atoms with Crippen LogP contribution in [0, 0.1) is 0 Å². The molecule has 1 unspecified atom stereocenters. The van der Waals surface area contributed by atoms with Gasteiger partial charge in [-0.05, 0) is 24.6 Å². The van der Waals surface area contributed by atoms with Gasteiger partial charge in [0, 0.05) is 12.0 Å². The largest absolute Gasteiger partial charge is 1.00 e. The number of carboxylic acids is 1. The molecule has 7 heteroatoms. The van der Waals surface area contributed by atoms with E-state index in [9.17, 15) is 14.4 Å². The molecule has 1 aromatic rings. The van der Waals surface area contributed by atoms with Crippen molar-refractivity contribution in [2.75, 3.05) is 6.54 Å². The van der Waals surface area contributed by atoms with E-state index in [1.54, 1.807) is 24.3 Å². The zero-order valence-electron chi connectivity index (χ0n) is 11.1. The Bertz CT molecular complexity index is 488. The summed E-state index contributed by atoms with van der Waals surface area (Å²) in [6.45, 7) is 1.39. The van der Waals surface area contributed by atoms with E-state index in [2.05, 4.69) is 11.1 Å². The van der Waals surface area contributed by atoms with Crippen LogP contribution in [0.1, 0.15) is 22.8 Å². The summed E-state index contributed by atoms with van der Waals surface area (Å²) in [7, 11) is 0. The van der Waals surface area contributed by atoms with Gasteiger partial charge in [-0.25, -0.2) is 4.79 Å². The summed E-state index contributed by atoms with van der Waals surface area (Å²) >= 11 is 0. The van der Waals surface area contributed by atoms with Gasteiger partial charge in [0.25, 0.3) is 5.91 Å². The highest BCUT2D eigenvalue weighted by atomic mass is 35.5. The molecular formula is C13H17ClN2O4. The predicted molar refractivity (Wildman–Crippen MR) is 67.5 cm³/mol. The number of hydrogen-bond acceptors (Lipinski definition) is 3. The number of carboxylic acid groups (broad SMARTS) is 1. The van der Waals surface area contributed by atoms with Crippen LogP contribution >= 0.6 is 0 Å². The molecule has 0 saturated carbocycles. The smallest absolute Gasteiger partial charge is 0.362 e. The molecule has 0 aromatic heterocycles. The molecule has 0 bridgehead atoms. The summed E-state index contributed by atoms with van der Waals surface area (Å²) in [5.74, 6) is -1.40. The van der Waals surface area contributed by atoms with Crippen LogP contribution in [-0.4, -0.2) is 35.4 Å². The summed E-state index contributed by atoms with van der Waals surface area (Å²) in [4.78, 5) is 33.0. The number of Topliss-reactive ketones (excluding diaryl/α,β-unsaturated/α-hetero) is 1. The van der Waals surface area contributed by atoms with Crippen LogP contribution in [0.5, 0.6) is 0 Å². The SMILES string of the molecule is CC(=O)CNC(=O)c1ccc(CC([NH3+])C(=O)O)cc1.[Cl-]. The Morgan fingerprint density at radius 3 is 2.25 bits per heavy atom. The predicted octanol–water partition coefficient (Wildman–Crippen LogP) is -3.75. The molecule has 0 saturated heterocycles. The Labute approximate surface area is 122 Å². The molecule has 5 N–H and O–H groups in total. The van der Waals surface area contributed by atoms with Crippen molar-refractivity contribution in [1.29, 1.82) is 0 Å². The average Bonchev–Trinajstić information content (AvgIpc) is 2.36.